The third-order valence-electron chi connectivity index (χ3n) is 2.99. The summed E-state index contributed by atoms with van der Waals surface area (Å²) in [4.78, 5) is 11.2. The summed E-state index contributed by atoms with van der Waals surface area (Å²) in [7, 11) is -2.18. The maximum absolute atomic E-state index is 11.9. The largest absolute Gasteiger partial charge is 0.508 e. The van der Waals surface area contributed by atoms with Crippen LogP contribution in [0.25, 0.3) is 0 Å². The van der Waals surface area contributed by atoms with Crippen LogP contribution >= 0.6 is 0 Å². The molecule has 0 aromatic heterocycles. The van der Waals surface area contributed by atoms with Crippen molar-refractivity contribution in [3.05, 3.63) is 23.8 Å². The highest BCUT2D eigenvalue weighted by molar-refractivity contribution is 7.92. The van der Waals surface area contributed by atoms with E-state index in [9.17, 15) is 18.3 Å². The molecular weight excluding hydrogens is 294 g/mol. The highest BCUT2D eigenvalue weighted by atomic mass is 32.2. The number of rotatable bonds is 8. The summed E-state index contributed by atoms with van der Waals surface area (Å²) >= 11 is 0. The van der Waals surface area contributed by atoms with Crippen molar-refractivity contribution in [2.75, 3.05) is 17.6 Å². The quantitative estimate of drug-likeness (QED) is 0.716. The van der Waals surface area contributed by atoms with E-state index in [-0.39, 0.29) is 24.3 Å². The summed E-state index contributed by atoms with van der Waals surface area (Å²) < 4.78 is 30.9. The van der Waals surface area contributed by atoms with Crippen LogP contribution in [0, 0.1) is 0 Å². The van der Waals surface area contributed by atoms with Crippen LogP contribution < -0.4 is 4.72 Å². The van der Waals surface area contributed by atoms with Gasteiger partial charge in [-0.15, -0.1) is 0 Å². The van der Waals surface area contributed by atoms with Gasteiger partial charge < -0.3 is 9.84 Å². The predicted molar refractivity (Wildman–Crippen MR) is 80.8 cm³/mol. The van der Waals surface area contributed by atoms with E-state index in [2.05, 4.69) is 9.46 Å². The lowest BCUT2D eigenvalue weighted by molar-refractivity contribution is -0.140. The SMILES string of the molecule is CCCCS(=O)(=O)Nc1cccc(O)c1CCC(=O)OC. The Bertz CT molecular complexity index is 583. The molecule has 21 heavy (non-hydrogen) atoms. The van der Waals surface area contributed by atoms with Crippen molar-refractivity contribution in [2.45, 2.75) is 32.6 Å². The maximum Gasteiger partial charge on any atom is 0.305 e. The van der Waals surface area contributed by atoms with E-state index in [1.54, 1.807) is 12.1 Å². The van der Waals surface area contributed by atoms with E-state index in [0.717, 1.165) is 6.42 Å². The molecule has 2 N–H and O–H groups in total. The van der Waals surface area contributed by atoms with Crippen molar-refractivity contribution >= 4 is 21.7 Å². The molecule has 0 saturated carbocycles. The van der Waals surface area contributed by atoms with Crippen LogP contribution in [0.3, 0.4) is 0 Å². The number of hydrogen-bond donors (Lipinski definition) is 2. The van der Waals surface area contributed by atoms with Gasteiger partial charge in [0, 0.05) is 12.0 Å². The lowest BCUT2D eigenvalue weighted by Crippen LogP contribution is -2.17. The molecule has 0 aliphatic rings. The molecule has 0 saturated heterocycles. The Morgan fingerprint density at radius 2 is 2.10 bits per heavy atom. The number of sulfonamides is 1. The smallest absolute Gasteiger partial charge is 0.305 e. The molecule has 0 aliphatic heterocycles. The molecule has 118 valence electrons. The second-order valence-electron chi connectivity index (χ2n) is 4.65. The minimum Gasteiger partial charge on any atom is -0.508 e. The number of ether oxygens (including phenoxy) is 1. The van der Waals surface area contributed by atoms with Gasteiger partial charge in [-0.25, -0.2) is 8.42 Å². The first-order valence-corrected chi connectivity index (χ1v) is 8.43. The zero-order chi connectivity index (χ0) is 15.9. The van der Waals surface area contributed by atoms with Crippen molar-refractivity contribution in [2.24, 2.45) is 0 Å². The van der Waals surface area contributed by atoms with Gasteiger partial charge in [0.05, 0.1) is 18.6 Å². The van der Waals surface area contributed by atoms with E-state index < -0.39 is 16.0 Å². The van der Waals surface area contributed by atoms with Crippen molar-refractivity contribution in [1.82, 2.24) is 0 Å². The number of carbonyl (C=O) groups excluding carboxylic acids is 1. The first-order chi connectivity index (χ1) is 9.89. The fourth-order valence-electron chi connectivity index (χ4n) is 1.82. The van der Waals surface area contributed by atoms with Crippen LogP contribution in [0.2, 0.25) is 0 Å². The van der Waals surface area contributed by atoms with E-state index in [4.69, 9.17) is 0 Å². The number of methoxy groups -OCH3 is 1. The van der Waals surface area contributed by atoms with Crippen LogP contribution in [0.15, 0.2) is 18.2 Å². The van der Waals surface area contributed by atoms with Crippen LogP contribution in [-0.4, -0.2) is 32.4 Å². The normalized spacial score (nSPS) is 11.1. The lowest BCUT2D eigenvalue weighted by Gasteiger charge is -2.13. The molecule has 0 spiro atoms. The molecule has 0 amide bonds. The first kappa shape index (κ1) is 17.3. The second kappa shape index (κ2) is 7.87. The minimum absolute atomic E-state index is 0.0234. The number of phenols is 1. The Morgan fingerprint density at radius 1 is 1.38 bits per heavy atom. The van der Waals surface area contributed by atoms with Gasteiger partial charge in [-0.2, -0.15) is 0 Å². The van der Waals surface area contributed by atoms with Gasteiger partial charge in [0.1, 0.15) is 5.75 Å². The Hall–Kier alpha value is -1.76. The highest BCUT2D eigenvalue weighted by Crippen LogP contribution is 2.27. The average Bonchev–Trinajstić information content (AvgIpc) is 2.44. The van der Waals surface area contributed by atoms with Crippen LogP contribution in [0.5, 0.6) is 5.75 Å². The van der Waals surface area contributed by atoms with E-state index >= 15 is 0 Å². The maximum atomic E-state index is 11.9. The summed E-state index contributed by atoms with van der Waals surface area (Å²) in [6, 6.07) is 4.57. The van der Waals surface area contributed by atoms with Crippen LogP contribution in [-0.2, 0) is 26.0 Å². The zero-order valence-corrected chi connectivity index (χ0v) is 13.1. The van der Waals surface area contributed by atoms with Crippen molar-refractivity contribution in [3.8, 4) is 5.75 Å². The summed E-state index contributed by atoms with van der Waals surface area (Å²) in [6.07, 6.45) is 1.60. The molecule has 0 bridgehead atoms. The van der Waals surface area contributed by atoms with Crippen molar-refractivity contribution < 1.29 is 23.1 Å². The Kier molecular flexibility index (Phi) is 6.48. The molecule has 6 nitrogen and oxygen atoms in total. The van der Waals surface area contributed by atoms with Crippen LogP contribution in [0.4, 0.5) is 5.69 Å². The van der Waals surface area contributed by atoms with Gasteiger partial charge in [-0.05, 0) is 25.0 Å². The number of hydrogen-bond acceptors (Lipinski definition) is 5. The average molecular weight is 315 g/mol. The Balaban J connectivity index is 2.91. The summed E-state index contributed by atoms with van der Waals surface area (Å²) in [5, 5.41) is 9.86. The molecule has 0 heterocycles. The number of nitrogens with one attached hydrogen (secondary N) is 1. The van der Waals surface area contributed by atoms with E-state index in [1.807, 2.05) is 6.92 Å². The van der Waals surface area contributed by atoms with Gasteiger partial charge in [0.25, 0.3) is 0 Å². The lowest BCUT2D eigenvalue weighted by atomic mass is 10.1. The minimum atomic E-state index is -3.46. The van der Waals surface area contributed by atoms with Crippen molar-refractivity contribution in [1.29, 1.82) is 0 Å². The van der Waals surface area contributed by atoms with Crippen LogP contribution in [0.1, 0.15) is 31.7 Å². The number of carbonyl (C=O) groups is 1. The van der Waals surface area contributed by atoms with Gasteiger partial charge in [0.15, 0.2) is 0 Å². The number of anilines is 1. The molecule has 0 atom stereocenters. The van der Waals surface area contributed by atoms with Gasteiger partial charge >= 0.3 is 5.97 Å². The Morgan fingerprint density at radius 3 is 2.71 bits per heavy atom. The summed E-state index contributed by atoms with van der Waals surface area (Å²) in [5.74, 6) is -0.442. The number of aromatic hydroxyl groups is 1. The molecule has 0 fully saturated rings. The Labute approximate surface area is 125 Å². The summed E-state index contributed by atoms with van der Waals surface area (Å²) in [6.45, 7) is 1.91. The molecule has 1 rings (SSSR count). The predicted octanol–water partition coefficient (Wildman–Crippen LogP) is 2.04. The number of esters is 1. The zero-order valence-electron chi connectivity index (χ0n) is 12.3. The fourth-order valence-corrected chi connectivity index (χ4v) is 3.11. The molecule has 0 unspecified atom stereocenters. The number of benzene rings is 1. The number of unbranched alkanes of at least 4 members (excludes halogenated alkanes) is 1. The summed E-state index contributed by atoms with van der Waals surface area (Å²) in [5.41, 5.74) is 0.693. The molecule has 7 heteroatoms. The topological polar surface area (TPSA) is 92.7 Å². The fraction of sp³-hybridized carbons (Fsp3) is 0.500. The van der Waals surface area contributed by atoms with Gasteiger partial charge in [0.2, 0.25) is 10.0 Å². The van der Waals surface area contributed by atoms with Gasteiger partial charge in [-0.3, -0.25) is 9.52 Å². The molecular formula is C14H21NO5S. The molecule has 1 aromatic rings. The third kappa shape index (κ3) is 5.63. The molecule has 1 aromatic carbocycles. The van der Waals surface area contributed by atoms with Crippen molar-refractivity contribution in [3.63, 3.8) is 0 Å². The standard InChI is InChI=1S/C14H21NO5S/c1-3-4-10-21(18,19)15-12-6-5-7-13(16)11(12)8-9-14(17)20-2/h5-7,15-16H,3-4,8-10H2,1-2H3. The molecule has 0 radical (unpaired) electrons. The second-order valence-corrected chi connectivity index (χ2v) is 6.50. The van der Waals surface area contributed by atoms with E-state index in [0.29, 0.717) is 17.7 Å². The first-order valence-electron chi connectivity index (χ1n) is 6.77. The third-order valence-corrected chi connectivity index (χ3v) is 4.35. The highest BCUT2D eigenvalue weighted by Gasteiger charge is 2.15. The molecule has 0 aliphatic carbocycles. The van der Waals surface area contributed by atoms with Gasteiger partial charge in [-0.1, -0.05) is 19.4 Å². The van der Waals surface area contributed by atoms with E-state index in [1.165, 1.54) is 13.2 Å². The number of phenolic OH excluding ortho intramolecular Hbond substituents is 1. The monoisotopic (exact) mass is 315 g/mol.